The van der Waals surface area contributed by atoms with Crippen LogP contribution >= 0.6 is 22.7 Å². The van der Waals surface area contributed by atoms with Gasteiger partial charge >= 0.3 is 0 Å². The van der Waals surface area contributed by atoms with Gasteiger partial charge < -0.3 is 4.42 Å². The van der Waals surface area contributed by atoms with Crippen molar-refractivity contribution in [3.63, 3.8) is 0 Å². The van der Waals surface area contributed by atoms with E-state index in [0.717, 1.165) is 48.9 Å². The molecule has 0 saturated carbocycles. The van der Waals surface area contributed by atoms with Crippen LogP contribution in [-0.4, -0.2) is 15.0 Å². The highest BCUT2D eigenvalue weighted by atomic mass is 32.1. The van der Waals surface area contributed by atoms with Gasteiger partial charge in [0.2, 0.25) is 0 Å². The minimum absolute atomic E-state index is 0.579. The third-order valence-corrected chi connectivity index (χ3v) is 12.2. The highest BCUT2D eigenvalue weighted by Crippen LogP contribution is 2.45. The van der Waals surface area contributed by atoms with Crippen LogP contribution in [0, 0.1) is 0 Å². The highest BCUT2D eigenvalue weighted by Gasteiger charge is 2.21. The number of nitrogens with zero attached hydrogens (tertiary/aromatic N) is 3. The Kier molecular flexibility index (Phi) is 6.26. The number of para-hydroxylation sites is 1. The molecule has 4 nitrogen and oxygen atoms in total. The summed E-state index contributed by atoms with van der Waals surface area (Å²) < 4.78 is 11.8. The van der Waals surface area contributed by atoms with Gasteiger partial charge in [-0.15, -0.1) is 22.7 Å². The first kappa shape index (κ1) is 28.6. The van der Waals surface area contributed by atoms with Gasteiger partial charge in [-0.3, -0.25) is 0 Å². The summed E-state index contributed by atoms with van der Waals surface area (Å²) in [5, 5.41) is 7.14. The van der Waals surface area contributed by atoms with Crippen molar-refractivity contribution in [3.05, 3.63) is 152 Å². The number of rotatable bonds is 4. The fourth-order valence-corrected chi connectivity index (χ4v) is 9.91. The van der Waals surface area contributed by atoms with Crippen molar-refractivity contribution in [2.75, 3.05) is 0 Å². The van der Waals surface area contributed by atoms with Gasteiger partial charge in [-0.05, 0) is 35.9 Å². The molecule has 4 heterocycles. The Morgan fingerprint density at radius 1 is 0.373 bits per heavy atom. The lowest BCUT2D eigenvalue weighted by atomic mass is 9.97. The standard InChI is InChI=1S/C45H25N3OS2/c1-2-12-26(13-3-1)43-46-44(48-45(47-43)35-22-9-18-31-28-15-5-7-25-38(28)51-42(31)35)34-21-10-20-33-39-29(16-11-23-36(39)49-40(33)34)32-19-8-17-30-27-14-4-6-24-37(27)50-41(30)32/h1-25H. The Balaban J connectivity index is 1.16. The second-order valence-corrected chi connectivity index (χ2v) is 14.8. The van der Waals surface area contributed by atoms with E-state index in [1.54, 1.807) is 11.3 Å². The molecule has 0 saturated heterocycles. The fourth-order valence-electron chi connectivity index (χ4n) is 7.46. The van der Waals surface area contributed by atoms with Gasteiger partial charge in [-0.1, -0.05) is 121 Å². The van der Waals surface area contributed by atoms with Crippen molar-refractivity contribution in [3.8, 4) is 45.3 Å². The van der Waals surface area contributed by atoms with E-state index in [1.165, 1.54) is 41.2 Å². The van der Waals surface area contributed by atoms with Crippen LogP contribution in [0.25, 0.3) is 108 Å². The maximum atomic E-state index is 6.78. The van der Waals surface area contributed by atoms with E-state index in [0.29, 0.717) is 17.5 Å². The fraction of sp³-hybridized carbons (Fsp3) is 0. The molecule has 0 radical (unpaired) electrons. The lowest BCUT2D eigenvalue weighted by Crippen LogP contribution is -2.00. The number of fused-ring (bicyclic) bond motifs is 9. The molecule has 0 aliphatic rings. The summed E-state index contributed by atoms with van der Waals surface area (Å²) in [6.45, 7) is 0. The van der Waals surface area contributed by atoms with Gasteiger partial charge in [-0.25, -0.2) is 15.0 Å². The first-order valence-corrected chi connectivity index (χ1v) is 18.5. The molecule has 11 aromatic rings. The number of furan rings is 1. The number of hydrogen-bond acceptors (Lipinski definition) is 6. The van der Waals surface area contributed by atoms with Crippen LogP contribution in [0.15, 0.2) is 156 Å². The normalized spacial score (nSPS) is 11.9. The van der Waals surface area contributed by atoms with E-state index < -0.39 is 0 Å². The van der Waals surface area contributed by atoms with Gasteiger partial charge in [-0.2, -0.15) is 0 Å². The van der Waals surface area contributed by atoms with E-state index in [4.69, 9.17) is 19.4 Å². The van der Waals surface area contributed by atoms with Gasteiger partial charge in [0.1, 0.15) is 11.2 Å². The molecule has 0 aliphatic heterocycles. The molecule has 0 atom stereocenters. The molecule has 0 N–H and O–H groups in total. The summed E-state index contributed by atoms with van der Waals surface area (Å²) in [4.78, 5) is 15.4. The Morgan fingerprint density at radius 2 is 0.882 bits per heavy atom. The minimum atomic E-state index is 0.579. The zero-order valence-electron chi connectivity index (χ0n) is 27.0. The molecular formula is C45H25N3OS2. The quantitative estimate of drug-likeness (QED) is 0.185. The van der Waals surface area contributed by atoms with Crippen molar-refractivity contribution in [1.82, 2.24) is 15.0 Å². The number of thiophene rings is 2. The monoisotopic (exact) mass is 687 g/mol. The zero-order valence-corrected chi connectivity index (χ0v) is 28.6. The van der Waals surface area contributed by atoms with Crippen molar-refractivity contribution in [1.29, 1.82) is 0 Å². The molecule has 11 rings (SSSR count). The Morgan fingerprint density at radius 3 is 1.61 bits per heavy atom. The van der Waals surface area contributed by atoms with Crippen LogP contribution in [0.5, 0.6) is 0 Å². The molecule has 4 aromatic heterocycles. The Bertz CT molecular complexity index is 3160. The predicted molar refractivity (Wildman–Crippen MR) is 215 cm³/mol. The van der Waals surface area contributed by atoms with E-state index in [2.05, 4.69) is 121 Å². The van der Waals surface area contributed by atoms with Crippen molar-refractivity contribution < 1.29 is 4.42 Å². The van der Waals surface area contributed by atoms with Crippen LogP contribution in [-0.2, 0) is 0 Å². The summed E-state index contributed by atoms with van der Waals surface area (Å²) in [6.07, 6.45) is 0. The molecular weight excluding hydrogens is 663 g/mol. The molecule has 0 bridgehead atoms. The maximum Gasteiger partial charge on any atom is 0.167 e. The smallest absolute Gasteiger partial charge is 0.167 e. The summed E-state index contributed by atoms with van der Waals surface area (Å²) >= 11 is 3.62. The topological polar surface area (TPSA) is 51.8 Å². The van der Waals surface area contributed by atoms with Crippen LogP contribution in [0.4, 0.5) is 0 Å². The molecule has 7 aromatic carbocycles. The summed E-state index contributed by atoms with van der Waals surface area (Å²) in [7, 11) is 0. The summed E-state index contributed by atoms with van der Waals surface area (Å²) in [5.41, 5.74) is 6.71. The maximum absolute atomic E-state index is 6.78. The van der Waals surface area contributed by atoms with Crippen LogP contribution < -0.4 is 0 Å². The average molecular weight is 688 g/mol. The largest absolute Gasteiger partial charge is 0.455 e. The second-order valence-electron chi connectivity index (χ2n) is 12.7. The van der Waals surface area contributed by atoms with Crippen LogP contribution in [0.1, 0.15) is 0 Å². The third kappa shape index (κ3) is 4.40. The van der Waals surface area contributed by atoms with Crippen molar-refractivity contribution in [2.24, 2.45) is 0 Å². The van der Waals surface area contributed by atoms with Crippen molar-refractivity contribution >= 4 is 85.0 Å². The Hall–Kier alpha value is -6.21. The van der Waals surface area contributed by atoms with Crippen LogP contribution in [0.2, 0.25) is 0 Å². The SMILES string of the molecule is c1ccc(-c2nc(-c3cccc4c3oc3cccc(-c5cccc6c5sc5ccccc56)c34)nc(-c3cccc4c3sc3ccccc34)n2)cc1. The highest BCUT2D eigenvalue weighted by molar-refractivity contribution is 7.26. The van der Waals surface area contributed by atoms with Gasteiger partial charge in [0.05, 0.1) is 5.56 Å². The molecule has 0 fully saturated rings. The second kappa shape index (κ2) is 11.2. The molecule has 0 aliphatic carbocycles. The van der Waals surface area contributed by atoms with E-state index in [1.807, 2.05) is 41.7 Å². The minimum Gasteiger partial charge on any atom is -0.455 e. The van der Waals surface area contributed by atoms with Crippen LogP contribution in [0.3, 0.4) is 0 Å². The molecule has 238 valence electrons. The average Bonchev–Trinajstić information content (AvgIpc) is 3.89. The number of hydrogen-bond donors (Lipinski definition) is 0. The third-order valence-electron chi connectivity index (χ3n) is 9.77. The molecule has 0 unspecified atom stereocenters. The molecule has 51 heavy (non-hydrogen) atoms. The van der Waals surface area contributed by atoms with Gasteiger partial charge in [0.25, 0.3) is 0 Å². The molecule has 0 spiro atoms. The lowest BCUT2D eigenvalue weighted by molar-refractivity contribution is 0.669. The summed E-state index contributed by atoms with van der Waals surface area (Å²) in [5.74, 6) is 1.84. The first-order valence-electron chi connectivity index (χ1n) is 16.9. The van der Waals surface area contributed by atoms with E-state index >= 15 is 0 Å². The predicted octanol–water partition coefficient (Wildman–Crippen LogP) is 13.2. The number of benzene rings is 7. The Labute approximate surface area is 299 Å². The summed E-state index contributed by atoms with van der Waals surface area (Å²) in [6, 6.07) is 53.0. The van der Waals surface area contributed by atoms with E-state index in [-0.39, 0.29) is 0 Å². The van der Waals surface area contributed by atoms with Crippen molar-refractivity contribution in [2.45, 2.75) is 0 Å². The zero-order chi connectivity index (χ0) is 33.5. The van der Waals surface area contributed by atoms with Gasteiger partial charge in [0, 0.05) is 67.8 Å². The lowest BCUT2D eigenvalue weighted by Gasteiger charge is -2.09. The number of aromatic nitrogens is 3. The van der Waals surface area contributed by atoms with Gasteiger partial charge in [0.15, 0.2) is 17.5 Å². The molecule has 6 heteroatoms. The van der Waals surface area contributed by atoms with E-state index in [9.17, 15) is 0 Å². The molecule has 0 amide bonds. The first-order chi connectivity index (χ1) is 25.3.